The first-order chi connectivity index (χ1) is 12.2. The lowest BCUT2D eigenvalue weighted by Gasteiger charge is -2.05. The molecule has 0 amide bonds. The number of furan rings is 1. The summed E-state index contributed by atoms with van der Waals surface area (Å²) in [6.07, 6.45) is 2.89. The molecular formula is C23H21NO. The molecule has 0 saturated carbocycles. The summed E-state index contributed by atoms with van der Waals surface area (Å²) < 4.78 is 6.39. The van der Waals surface area contributed by atoms with Crippen LogP contribution < -0.4 is 0 Å². The van der Waals surface area contributed by atoms with Crippen LogP contribution in [0.25, 0.3) is 32.7 Å². The number of allylic oxidation sites excluding steroid dienone is 2. The fourth-order valence-corrected chi connectivity index (χ4v) is 3.36. The van der Waals surface area contributed by atoms with Crippen LogP contribution in [-0.4, -0.2) is 5.71 Å². The van der Waals surface area contributed by atoms with Crippen LogP contribution in [0.1, 0.15) is 32.8 Å². The van der Waals surface area contributed by atoms with Gasteiger partial charge in [-0.15, -0.1) is 0 Å². The van der Waals surface area contributed by atoms with E-state index in [1.807, 2.05) is 19.9 Å². The Labute approximate surface area is 147 Å². The second-order valence-corrected chi connectivity index (χ2v) is 6.29. The average Bonchev–Trinajstić information content (AvgIpc) is 3.05. The van der Waals surface area contributed by atoms with E-state index in [0.29, 0.717) is 0 Å². The third-order valence-electron chi connectivity index (χ3n) is 4.76. The van der Waals surface area contributed by atoms with Gasteiger partial charge in [-0.05, 0) is 37.8 Å². The molecule has 0 spiro atoms. The Balaban J connectivity index is 2.07. The zero-order valence-corrected chi connectivity index (χ0v) is 14.8. The summed E-state index contributed by atoms with van der Waals surface area (Å²) in [5.74, 6) is 0. The van der Waals surface area contributed by atoms with Gasteiger partial charge in [0.25, 0.3) is 0 Å². The minimum atomic E-state index is 0.863. The molecule has 25 heavy (non-hydrogen) atoms. The number of benzene rings is 3. The summed E-state index contributed by atoms with van der Waals surface area (Å²) in [6.45, 7) is 6.18. The smallest absolute Gasteiger partial charge is 0.144 e. The summed E-state index contributed by atoms with van der Waals surface area (Å²) >= 11 is 0. The Hall–Kier alpha value is -2.87. The van der Waals surface area contributed by atoms with Crippen molar-refractivity contribution >= 4 is 38.4 Å². The maximum Gasteiger partial charge on any atom is 0.144 e. The molecule has 0 bridgehead atoms. The molecule has 0 saturated heterocycles. The van der Waals surface area contributed by atoms with Gasteiger partial charge in [-0.2, -0.15) is 0 Å². The molecule has 1 aromatic heterocycles. The van der Waals surface area contributed by atoms with Crippen LogP contribution in [0.3, 0.4) is 0 Å². The molecule has 0 fully saturated rings. The largest absolute Gasteiger partial charge is 0.455 e. The Bertz CT molecular complexity index is 1140. The topological polar surface area (TPSA) is 25.5 Å². The van der Waals surface area contributed by atoms with E-state index in [9.17, 15) is 0 Å². The van der Waals surface area contributed by atoms with Gasteiger partial charge in [-0.25, -0.2) is 0 Å². The van der Waals surface area contributed by atoms with Crippen molar-refractivity contribution in [2.24, 2.45) is 4.99 Å². The van der Waals surface area contributed by atoms with Crippen molar-refractivity contribution in [2.75, 3.05) is 0 Å². The van der Waals surface area contributed by atoms with Crippen LogP contribution in [0.4, 0.5) is 0 Å². The molecule has 0 unspecified atom stereocenters. The highest BCUT2D eigenvalue weighted by Crippen LogP contribution is 2.35. The second kappa shape index (κ2) is 6.21. The van der Waals surface area contributed by atoms with E-state index in [-0.39, 0.29) is 0 Å². The zero-order valence-electron chi connectivity index (χ0n) is 14.8. The molecule has 4 rings (SSSR count). The van der Waals surface area contributed by atoms with Crippen LogP contribution in [0, 0.1) is 0 Å². The van der Waals surface area contributed by atoms with Crippen LogP contribution in [-0.2, 0) is 0 Å². The summed E-state index contributed by atoms with van der Waals surface area (Å²) in [5.41, 5.74) is 5.05. The molecule has 2 heteroatoms. The van der Waals surface area contributed by atoms with E-state index in [1.165, 1.54) is 5.39 Å². The molecule has 0 radical (unpaired) electrons. The molecule has 3 aromatic carbocycles. The highest BCUT2D eigenvalue weighted by atomic mass is 16.3. The minimum Gasteiger partial charge on any atom is -0.455 e. The number of rotatable bonds is 3. The first-order valence-corrected chi connectivity index (χ1v) is 8.76. The van der Waals surface area contributed by atoms with Gasteiger partial charge in [0.15, 0.2) is 0 Å². The Morgan fingerprint density at radius 2 is 1.68 bits per heavy atom. The number of hydrogen-bond donors (Lipinski definition) is 0. The summed E-state index contributed by atoms with van der Waals surface area (Å²) in [5, 5.41) is 4.66. The molecule has 4 aromatic rings. The fourth-order valence-electron chi connectivity index (χ4n) is 3.36. The highest BCUT2D eigenvalue weighted by Gasteiger charge is 2.15. The number of aliphatic imine (C=N–C) groups is 1. The van der Waals surface area contributed by atoms with Crippen molar-refractivity contribution in [3.8, 4) is 0 Å². The lowest BCUT2D eigenvalue weighted by atomic mass is 10.0. The standard InChI is InChI=1S/C23H21NO/c1-4-15(3)24-21(5-2)20-12-8-11-18-19-14-13-16-9-6-7-10-17(16)22(19)25-23(18)20/h4,6-14H,5H2,1-3H3/b15-4-,24-21+. The lowest BCUT2D eigenvalue weighted by Crippen LogP contribution is -1.99. The number of para-hydroxylation sites is 1. The lowest BCUT2D eigenvalue weighted by molar-refractivity contribution is 0.671. The summed E-state index contributed by atoms with van der Waals surface area (Å²) in [7, 11) is 0. The minimum absolute atomic E-state index is 0.863. The van der Waals surface area contributed by atoms with E-state index in [0.717, 1.165) is 50.7 Å². The van der Waals surface area contributed by atoms with Gasteiger partial charge >= 0.3 is 0 Å². The molecule has 1 heterocycles. The SMILES string of the molecule is C/C=C(C)\N=C(/CC)c1cccc2c1oc1c3ccccc3ccc21. The molecule has 124 valence electrons. The molecule has 0 atom stereocenters. The Morgan fingerprint density at radius 3 is 2.48 bits per heavy atom. The highest BCUT2D eigenvalue weighted by molar-refractivity contribution is 6.19. The van der Waals surface area contributed by atoms with Crippen LogP contribution in [0.5, 0.6) is 0 Å². The molecule has 0 aliphatic rings. The van der Waals surface area contributed by atoms with Gasteiger partial charge in [0.1, 0.15) is 11.2 Å². The third kappa shape index (κ3) is 2.54. The fraction of sp³-hybridized carbons (Fsp3) is 0.174. The van der Waals surface area contributed by atoms with Crippen LogP contribution in [0.2, 0.25) is 0 Å². The van der Waals surface area contributed by atoms with Gasteiger partial charge in [-0.1, -0.05) is 55.5 Å². The van der Waals surface area contributed by atoms with E-state index >= 15 is 0 Å². The summed E-state index contributed by atoms with van der Waals surface area (Å²) in [4.78, 5) is 4.78. The van der Waals surface area contributed by atoms with Gasteiger partial charge < -0.3 is 4.42 Å². The number of hydrogen-bond acceptors (Lipinski definition) is 2. The molecule has 0 N–H and O–H groups in total. The molecule has 0 aliphatic heterocycles. The first-order valence-electron chi connectivity index (χ1n) is 8.76. The Morgan fingerprint density at radius 1 is 0.920 bits per heavy atom. The van der Waals surface area contributed by atoms with Gasteiger partial charge in [0.05, 0.1) is 5.71 Å². The number of nitrogens with zero attached hydrogens (tertiary/aromatic N) is 1. The predicted molar refractivity (Wildman–Crippen MR) is 107 cm³/mol. The van der Waals surface area contributed by atoms with Gasteiger partial charge in [0, 0.05) is 27.4 Å². The average molecular weight is 327 g/mol. The zero-order chi connectivity index (χ0) is 17.4. The van der Waals surface area contributed by atoms with E-state index < -0.39 is 0 Å². The molecular weight excluding hydrogens is 306 g/mol. The third-order valence-corrected chi connectivity index (χ3v) is 4.76. The monoisotopic (exact) mass is 327 g/mol. The van der Waals surface area contributed by atoms with Crippen molar-refractivity contribution in [3.05, 3.63) is 71.9 Å². The van der Waals surface area contributed by atoms with Crippen LogP contribution >= 0.6 is 0 Å². The molecule has 0 aliphatic carbocycles. The van der Waals surface area contributed by atoms with E-state index in [4.69, 9.17) is 9.41 Å². The quantitative estimate of drug-likeness (QED) is 0.377. The first kappa shape index (κ1) is 15.6. The maximum absolute atomic E-state index is 6.39. The predicted octanol–water partition coefficient (Wildman–Crippen LogP) is 6.86. The van der Waals surface area contributed by atoms with Crippen molar-refractivity contribution in [3.63, 3.8) is 0 Å². The van der Waals surface area contributed by atoms with E-state index in [1.54, 1.807) is 0 Å². The molecule has 2 nitrogen and oxygen atoms in total. The van der Waals surface area contributed by atoms with Crippen molar-refractivity contribution in [1.29, 1.82) is 0 Å². The Kier molecular flexibility index (Phi) is 3.89. The van der Waals surface area contributed by atoms with Crippen molar-refractivity contribution in [2.45, 2.75) is 27.2 Å². The maximum atomic E-state index is 6.39. The van der Waals surface area contributed by atoms with E-state index in [2.05, 4.69) is 61.5 Å². The van der Waals surface area contributed by atoms with Gasteiger partial charge in [-0.3, -0.25) is 4.99 Å². The van der Waals surface area contributed by atoms with Crippen molar-refractivity contribution in [1.82, 2.24) is 0 Å². The number of fused-ring (bicyclic) bond motifs is 5. The second-order valence-electron chi connectivity index (χ2n) is 6.29. The van der Waals surface area contributed by atoms with Crippen LogP contribution in [0.15, 0.2) is 75.8 Å². The normalized spacial score (nSPS) is 13.2. The summed E-state index contributed by atoms with van der Waals surface area (Å²) in [6, 6.07) is 19.0. The van der Waals surface area contributed by atoms with Gasteiger partial charge in [0.2, 0.25) is 0 Å². The van der Waals surface area contributed by atoms with Crippen molar-refractivity contribution < 1.29 is 4.42 Å².